The maximum absolute atomic E-state index is 11.2. The van der Waals surface area contributed by atoms with E-state index >= 15 is 0 Å². The van der Waals surface area contributed by atoms with Gasteiger partial charge >= 0.3 is 5.97 Å². The minimum atomic E-state index is -0.297. The molecule has 0 spiro atoms. The monoisotopic (exact) mass is 225 g/mol. The fraction of sp³-hybridized carbons (Fsp3) is 0.455. The topological polar surface area (TPSA) is 39.2 Å². The third-order valence-electron chi connectivity index (χ3n) is 1.77. The van der Waals surface area contributed by atoms with Crippen molar-refractivity contribution in [2.45, 2.75) is 26.7 Å². The predicted octanol–water partition coefficient (Wildman–Crippen LogP) is 2.81. The molecule has 0 unspecified atom stereocenters. The molecule has 0 amide bonds. The molecular formula is C11H15NO2S. The molecule has 1 rings (SSSR count). The van der Waals surface area contributed by atoms with E-state index in [9.17, 15) is 4.79 Å². The highest BCUT2D eigenvalue weighted by Gasteiger charge is 1.97. The molecule has 0 saturated heterocycles. The van der Waals surface area contributed by atoms with Crippen LogP contribution in [0.25, 0.3) is 6.08 Å². The van der Waals surface area contributed by atoms with E-state index in [-0.39, 0.29) is 5.97 Å². The summed E-state index contributed by atoms with van der Waals surface area (Å²) in [6.07, 6.45) is 5.04. The van der Waals surface area contributed by atoms with Gasteiger partial charge in [0.05, 0.1) is 17.3 Å². The van der Waals surface area contributed by atoms with Crippen molar-refractivity contribution < 1.29 is 9.53 Å². The van der Waals surface area contributed by atoms with E-state index in [4.69, 9.17) is 4.74 Å². The van der Waals surface area contributed by atoms with Crippen LogP contribution in [0.3, 0.4) is 0 Å². The van der Waals surface area contributed by atoms with Crippen LogP contribution in [0.4, 0.5) is 0 Å². The summed E-state index contributed by atoms with van der Waals surface area (Å²) >= 11 is 1.56. The van der Waals surface area contributed by atoms with Crippen molar-refractivity contribution in [3.63, 3.8) is 0 Å². The molecule has 0 aliphatic carbocycles. The molecule has 1 aromatic heterocycles. The Morgan fingerprint density at radius 1 is 1.67 bits per heavy atom. The minimum absolute atomic E-state index is 0.297. The van der Waals surface area contributed by atoms with Crippen LogP contribution in [0.2, 0.25) is 0 Å². The summed E-state index contributed by atoms with van der Waals surface area (Å²) in [5.41, 5.74) is 0.810. The summed E-state index contributed by atoms with van der Waals surface area (Å²) in [4.78, 5) is 15.4. The number of nitrogens with zero attached hydrogens (tertiary/aromatic N) is 1. The van der Waals surface area contributed by atoms with Crippen LogP contribution < -0.4 is 0 Å². The fourth-order valence-electron chi connectivity index (χ4n) is 0.975. The third-order valence-corrected chi connectivity index (χ3v) is 2.56. The van der Waals surface area contributed by atoms with Crippen molar-refractivity contribution in [1.29, 1.82) is 0 Å². The molecule has 1 heterocycles. The Labute approximate surface area is 93.8 Å². The van der Waals surface area contributed by atoms with Gasteiger partial charge in [-0.2, -0.15) is 0 Å². The highest BCUT2D eigenvalue weighted by molar-refractivity contribution is 7.09. The number of hydrogen-bond donors (Lipinski definition) is 0. The molecule has 0 bridgehead atoms. The highest BCUT2D eigenvalue weighted by atomic mass is 32.1. The maximum Gasteiger partial charge on any atom is 0.330 e. The van der Waals surface area contributed by atoms with Gasteiger partial charge < -0.3 is 4.74 Å². The minimum Gasteiger partial charge on any atom is -0.463 e. The zero-order chi connectivity index (χ0) is 11.1. The van der Waals surface area contributed by atoms with Crippen molar-refractivity contribution >= 4 is 23.4 Å². The lowest BCUT2D eigenvalue weighted by atomic mass is 10.4. The van der Waals surface area contributed by atoms with E-state index in [0.717, 1.165) is 23.5 Å². The molecule has 15 heavy (non-hydrogen) atoms. The molecular weight excluding hydrogens is 210 g/mol. The van der Waals surface area contributed by atoms with E-state index in [1.54, 1.807) is 17.4 Å². The van der Waals surface area contributed by atoms with Gasteiger partial charge in [-0.05, 0) is 19.4 Å². The summed E-state index contributed by atoms with van der Waals surface area (Å²) in [6.45, 7) is 4.49. The van der Waals surface area contributed by atoms with Gasteiger partial charge in [-0.3, -0.25) is 0 Å². The molecule has 4 heteroatoms. The van der Waals surface area contributed by atoms with Gasteiger partial charge in [-0.1, -0.05) is 13.3 Å². The van der Waals surface area contributed by atoms with Crippen LogP contribution in [0, 0.1) is 6.92 Å². The Hall–Kier alpha value is -1.16. The predicted molar refractivity (Wildman–Crippen MR) is 61.8 cm³/mol. The first kappa shape index (κ1) is 11.9. The lowest BCUT2D eigenvalue weighted by molar-refractivity contribution is -0.137. The van der Waals surface area contributed by atoms with Crippen molar-refractivity contribution in [2.24, 2.45) is 0 Å². The van der Waals surface area contributed by atoms with Gasteiger partial charge in [0.1, 0.15) is 0 Å². The average molecular weight is 225 g/mol. The lowest BCUT2D eigenvalue weighted by Crippen LogP contribution is -2.01. The van der Waals surface area contributed by atoms with E-state index < -0.39 is 0 Å². The molecule has 0 atom stereocenters. The van der Waals surface area contributed by atoms with E-state index in [0.29, 0.717) is 6.61 Å². The van der Waals surface area contributed by atoms with Crippen molar-refractivity contribution in [2.75, 3.05) is 6.61 Å². The summed E-state index contributed by atoms with van der Waals surface area (Å²) < 4.78 is 4.96. The van der Waals surface area contributed by atoms with Crippen LogP contribution >= 0.6 is 11.3 Å². The van der Waals surface area contributed by atoms with Crippen LogP contribution in [0.15, 0.2) is 11.5 Å². The molecule has 0 aromatic carbocycles. The fourth-order valence-corrected chi connectivity index (χ4v) is 1.56. The molecule has 0 fully saturated rings. The number of hydrogen-bond acceptors (Lipinski definition) is 4. The Balaban J connectivity index is 2.34. The van der Waals surface area contributed by atoms with Gasteiger partial charge in [0.2, 0.25) is 0 Å². The van der Waals surface area contributed by atoms with Gasteiger partial charge in [0, 0.05) is 11.5 Å². The van der Waals surface area contributed by atoms with Crippen LogP contribution in [0.5, 0.6) is 0 Å². The Bertz CT molecular complexity index is 344. The van der Waals surface area contributed by atoms with Gasteiger partial charge in [0.15, 0.2) is 0 Å². The van der Waals surface area contributed by atoms with E-state index in [2.05, 4.69) is 11.9 Å². The summed E-state index contributed by atoms with van der Waals surface area (Å²) in [5, 5.41) is 2.90. The number of esters is 1. The van der Waals surface area contributed by atoms with Crippen LogP contribution in [0.1, 0.15) is 30.5 Å². The molecule has 0 aliphatic heterocycles. The molecule has 0 radical (unpaired) electrons. The van der Waals surface area contributed by atoms with Gasteiger partial charge in [-0.25, -0.2) is 9.78 Å². The number of aryl methyl sites for hydroxylation is 1. The normalized spacial score (nSPS) is 10.8. The molecule has 82 valence electrons. The average Bonchev–Trinajstić information content (AvgIpc) is 2.62. The first-order valence-corrected chi connectivity index (χ1v) is 5.87. The van der Waals surface area contributed by atoms with E-state index in [1.807, 2.05) is 12.3 Å². The zero-order valence-electron chi connectivity index (χ0n) is 9.03. The first-order chi connectivity index (χ1) is 7.22. The maximum atomic E-state index is 11.2. The molecule has 3 nitrogen and oxygen atoms in total. The molecule has 0 aliphatic rings. The van der Waals surface area contributed by atoms with E-state index in [1.165, 1.54) is 6.08 Å². The summed E-state index contributed by atoms with van der Waals surface area (Å²) in [7, 11) is 0. The number of carbonyl (C=O) groups excluding carboxylic acids is 1. The standard InChI is InChI=1S/C11H15NO2S/c1-3-4-7-14-11(13)6-5-10-8-15-9(2)12-10/h5-6,8H,3-4,7H2,1-2H3/b6-5+. The second-order valence-electron chi connectivity index (χ2n) is 3.15. The largest absolute Gasteiger partial charge is 0.463 e. The SMILES string of the molecule is CCCCOC(=O)/C=C/c1csc(C)n1. The number of rotatable bonds is 5. The number of ether oxygens (including phenoxy) is 1. The molecule has 0 N–H and O–H groups in total. The van der Waals surface area contributed by atoms with Gasteiger partial charge in [-0.15, -0.1) is 11.3 Å². The molecule has 1 aromatic rings. The Morgan fingerprint density at radius 2 is 2.47 bits per heavy atom. The number of thiazole rings is 1. The number of aromatic nitrogens is 1. The Morgan fingerprint density at radius 3 is 3.07 bits per heavy atom. The summed E-state index contributed by atoms with van der Waals surface area (Å²) in [6, 6.07) is 0. The van der Waals surface area contributed by atoms with Gasteiger partial charge in [0.25, 0.3) is 0 Å². The summed E-state index contributed by atoms with van der Waals surface area (Å²) in [5.74, 6) is -0.297. The van der Waals surface area contributed by atoms with Crippen molar-refractivity contribution in [3.05, 3.63) is 22.2 Å². The number of carbonyl (C=O) groups is 1. The first-order valence-electron chi connectivity index (χ1n) is 4.99. The van der Waals surface area contributed by atoms with Crippen molar-refractivity contribution in [3.8, 4) is 0 Å². The van der Waals surface area contributed by atoms with Crippen molar-refractivity contribution in [1.82, 2.24) is 4.98 Å². The number of unbranched alkanes of at least 4 members (excludes halogenated alkanes) is 1. The smallest absolute Gasteiger partial charge is 0.330 e. The zero-order valence-corrected chi connectivity index (χ0v) is 9.84. The second-order valence-corrected chi connectivity index (χ2v) is 4.21. The Kier molecular flexibility index (Phi) is 5.04. The lowest BCUT2D eigenvalue weighted by Gasteiger charge is -1.98. The third kappa shape index (κ3) is 4.74. The van der Waals surface area contributed by atoms with Crippen LogP contribution in [-0.4, -0.2) is 17.6 Å². The second kappa shape index (κ2) is 6.35. The quantitative estimate of drug-likeness (QED) is 0.439. The molecule has 0 saturated carbocycles. The van der Waals surface area contributed by atoms with Crippen LogP contribution in [-0.2, 0) is 9.53 Å². The highest BCUT2D eigenvalue weighted by Crippen LogP contribution is 2.09.